The Balaban J connectivity index is 2.24. The second kappa shape index (κ2) is 7.36. The Morgan fingerprint density at radius 1 is 1.05 bits per heavy atom. The maximum absolute atomic E-state index is 5.99. The van der Waals surface area contributed by atoms with Crippen LogP contribution in [0.2, 0.25) is 0 Å². The van der Waals surface area contributed by atoms with Crippen LogP contribution in [0.15, 0.2) is 60.7 Å². The number of nitrogens with one attached hydrogen (secondary N) is 1. The first kappa shape index (κ1) is 14.2. The minimum Gasteiger partial charge on any atom is -0.497 e. The van der Waals surface area contributed by atoms with E-state index in [2.05, 4.69) is 5.32 Å². The molecule has 2 aromatic rings. The van der Waals surface area contributed by atoms with E-state index in [4.69, 9.17) is 9.47 Å². The van der Waals surface area contributed by atoms with Gasteiger partial charge in [0.2, 0.25) is 0 Å². The van der Waals surface area contributed by atoms with E-state index in [1.54, 1.807) is 7.11 Å². The van der Waals surface area contributed by atoms with Gasteiger partial charge < -0.3 is 14.8 Å². The molecule has 0 aliphatic rings. The van der Waals surface area contributed by atoms with Gasteiger partial charge >= 0.3 is 0 Å². The molecule has 0 atom stereocenters. The first-order valence-electron chi connectivity index (χ1n) is 6.55. The number of rotatable bonds is 6. The molecule has 3 heteroatoms. The summed E-state index contributed by atoms with van der Waals surface area (Å²) in [5.74, 6) is 2.37. The molecule has 0 bridgehead atoms. The second-order valence-electron chi connectivity index (χ2n) is 4.27. The third kappa shape index (κ3) is 3.87. The van der Waals surface area contributed by atoms with Crippen molar-refractivity contribution in [2.75, 3.05) is 20.7 Å². The van der Waals surface area contributed by atoms with Crippen molar-refractivity contribution < 1.29 is 9.47 Å². The van der Waals surface area contributed by atoms with Crippen molar-refractivity contribution in [2.45, 2.75) is 0 Å². The zero-order valence-electron chi connectivity index (χ0n) is 11.8. The maximum Gasteiger partial charge on any atom is 0.131 e. The first-order valence-corrected chi connectivity index (χ1v) is 6.55. The molecule has 0 aromatic heterocycles. The Hall–Kier alpha value is -2.26. The molecule has 0 unspecified atom stereocenters. The molecule has 0 aliphatic carbocycles. The monoisotopic (exact) mass is 269 g/mol. The van der Waals surface area contributed by atoms with Crippen LogP contribution in [0.3, 0.4) is 0 Å². The smallest absolute Gasteiger partial charge is 0.131 e. The van der Waals surface area contributed by atoms with Gasteiger partial charge in [-0.05, 0) is 25.3 Å². The van der Waals surface area contributed by atoms with Gasteiger partial charge in [-0.2, -0.15) is 0 Å². The van der Waals surface area contributed by atoms with Gasteiger partial charge in [0, 0.05) is 18.2 Å². The number of likely N-dealkylation sites (N-methyl/N-ethyl adjacent to an activating group) is 1. The Bertz CT molecular complexity index is 564. The van der Waals surface area contributed by atoms with E-state index in [0.717, 1.165) is 29.4 Å². The van der Waals surface area contributed by atoms with Crippen LogP contribution in [-0.2, 0) is 0 Å². The summed E-state index contributed by atoms with van der Waals surface area (Å²) in [6.45, 7) is 0.744. The number of hydrogen-bond acceptors (Lipinski definition) is 3. The van der Waals surface area contributed by atoms with E-state index < -0.39 is 0 Å². The lowest BCUT2D eigenvalue weighted by molar-refractivity contribution is 0.410. The zero-order valence-corrected chi connectivity index (χ0v) is 11.8. The molecule has 0 amide bonds. The lowest BCUT2D eigenvalue weighted by Crippen LogP contribution is -2.07. The summed E-state index contributed by atoms with van der Waals surface area (Å²) in [5, 5.41) is 3.10. The molecule has 0 heterocycles. The van der Waals surface area contributed by atoms with Crippen LogP contribution in [0.4, 0.5) is 0 Å². The van der Waals surface area contributed by atoms with Crippen molar-refractivity contribution in [3.8, 4) is 11.5 Å². The van der Waals surface area contributed by atoms with E-state index in [0.29, 0.717) is 0 Å². The van der Waals surface area contributed by atoms with E-state index in [1.165, 1.54) is 0 Å². The highest BCUT2D eigenvalue weighted by molar-refractivity contribution is 5.62. The van der Waals surface area contributed by atoms with E-state index in [1.807, 2.05) is 67.7 Å². The Morgan fingerprint density at radius 3 is 2.50 bits per heavy atom. The molecule has 3 nitrogen and oxygen atoms in total. The van der Waals surface area contributed by atoms with Crippen LogP contribution >= 0.6 is 0 Å². The molecule has 0 saturated heterocycles. The summed E-state index contributed by atoms with van der Waals surface area (Å²) < 4.78 is 11.2. The highest BCUT2D eigenvalue weighted by Crippen LogP contribution is 2.24. The quantitative estimate of drug-likeness (QED) is 0.816. The fraction of sp³-hybridized carbons (Fsp3) is 0.176. The standard InChI is InChI=1S/C17H19NO2/c1-18-12-11-17(14-7-4-3-5-8-14)20-16-10-6-9-15(13-16)19-2/h3-11,13,18H,12H2,1-2H3. The van der Waals surface area contributed by atoms with Gasteiger partial charge in [-0.25, -0.2) is 0 Å². The van der Waals surface area contributed by atoms with Gasteiger partial charge in [0.05, 0.1) is 7.11 Å². The molecule has 20 heavy (non-hydrogen) atoms. The summed E-state index contributed by atoms with van der Waals surface area (Å²) in [4.78, 5) is 0. The van der Waals surface area contributed by atoms with E-state index in [9.17, 15) is 0 Å². The number of ether oxygens (including phenoxy) is 2. The predicted octanol–water partition coefficient (Wildman–Crippen LogP) is 3.33. The van der Waals surface area contributed by atoms with Gasteiger partial charge in [-0.15, -0.1) is 0 Å². The van der Waals surface area contributed by atoms with Crippen molar-refractivity contribution in [1.29, 1.82) is 0 Å². The average Bonchev–Trinajstić information content (AvgIpc) is 2.52. The lowest BCUT2D eigenvalue weighted by Gasteiger charge is -2.11. The van der Waals surface area contributed by atoms with Crippen molar-refractivity contribution in [3.05, 3.63) is 66.2 Å². The highest BCUT2D eigenvalue weighted by Gasteiger charge is 2.04. The third-order valence-corrected chi connectivity index (χ3v) is 2.82. The molecular formula is C17H19NO2. The number of hydrogen-bond donors (Lipinski definition) is 1. The third-order valence-electron chi connectivity index (χ3n) is 2.82. The Labute approximate surface area is 119 Å². The summed E-state index contributed by atoms with van der Waals surface area (Å²) in [5.41, 5.74) is 1.05. The summed E-state index contributed by atoms with van der Waals surface area (Å²) >= 11 is 0. The van der Waals surface area contributed by atoms with Crippen LogP contribution in [0.1, 0.15) is 5.56 Å². The van der Waals surface area contributed by atoms with Crippen LogP contribution in [0, 0.1) is 0 Å². The fourth-order valence-electron chi connectivity index (χ4n) is 1.81. The van der Waals surface area contributed by atoms with Crippen LogP contribution < -0.4 is 14.8 Å². The molecule has 0 aliphatic heterocycles. The molecule has 2 rings (SSSR count). The average molecular weight is 269 g/mol. The van der Waals surface area contributed by atoms with E-state index in [-0.39, 0.29) is 0 Å². The lowest BCUT2D eigenvalue weighted by atomic mass is 10.2. The van der Waals surface area contributed by atoms with Gasteiger partial charge in [-0.1, -0.05) is 36.4 Å². The molecule has 104 valence electrons. The Kier molecular flexibility index (Phi) is 5.21. The van der Waals surface area contributed by atoms with Crippen molar-refractivity contribution >= 4 is 5.76 Å². The molecule has 1 N–H and O–H groups in total. The van der Waals surface area contributed by atoms with Crippen LogP contribution in [-0.4, -0.2) is 20.7 Å². The van der Waals surface area contributed by atoms with Crippen LogP contribution in [0.25, 0.3) is 5.76 Å². The summed E-state index contributed by atoms with van der Waals surface area (Å²) in [6, 6.07) is 17.6. The molecule has 0 spiro atoms. The van der Waals surface area contributed by atoms with Crippen molar-refractivity contribution in [3.63, 3.8) is 0 Å². The highest BCUT2D eigenvalue weighted by atomic mass is 16.5. The molecule has 2 aromatic carbocycles. The second-order valence-corrected chi connectivity index (χ2v) is 4.27. The fourth-order valence-corrected chi connectivity index (χ4v) is 1.81. The zero-order chi connectivity index (χ0) is 14.2. The largest absolute Gasteiger partial charge is 0.497 e. The van der Waals surface area contributed by atoms with Crippen molar-refractivity contribution in [2.24, 2.45) is 0 Å². The van der Waals surface area contributed by atoms with Gasteiger partial charge in [0.1, 0.15) is 17.3 Å². The maximum atomic E-state index is 5.99. The molecule has 0 fully saturated rings. The Morgan fingerprint density at radius 2 is 1.80 bits per heavy atom. The topological polar surface area (TPSA) is 30.5 Å². The minimum absolute atomic E-state index is 0.744. The van der Waals surface area contributed by atoms with E-state index >= 15 is 0 Å². The predicted molar refractivity (Wildman–Crippen MR) is 82.0 cm³/mol. The SMILES string of the molecule is CNCC=C(Oc1cccc(OC)c1)c1ccccc1. The first-order chi connectivity index (χ1) is 9.83. The summed E-state index contributed by atoms with van der Waals surface area (Å²) in [7, 11) is 3.55. The van der Waals surface area contributed by atoms with Gasteiger partial charge in [0.15, 0.2) is 0 Å². The van der Waals surface area contributed by atoms with Gasteiger partial charge in [-0.3, -0.25) is 0 Å². The normalized spacial score (nSPS) is 11.2. The number of benzene rings is 2. The summed E-state index contributed by atoms with van der Waals surface area (Å²) in [6.07, 6.45) is 2.02. The molecule has 0 saturated carbocycles. The minimum atomic E-state index is 0.744. The molecule has 0 radical (unpaired) electrons. The number of methoxy groups -OCH3 is 1. The molecular weight excluding hydrogens is 250 g/mol. The van der Waals surface area contributed by atoms with Gasteiger partial charge in [0.25, 0.3) is 0 Å². The van der Waals surface area contributed by atoms with Crippen molar-refractivity contribution in [1.82, 2.24) is 5.32 Å². The van der Waals surface area contributed by atoms with Crippen LogP contribution in [0.5, 0.6) is 11.5 Å².